The minimum Gasteiger partial charge on any atom is -0.477 e. The van der Waals surface area contributed by atoms with Crippen LogP contribution in [0, 0.1) is 0 Å². The molecule has 0 aromatic carbocycles. The number of aromatic nitrogens is 3. The molecule has 21 heavy (non-hydrogen) atoms. The molecule has 3 N–H and O–H groups in total. The summed E-state index contributed by atoms with van der Waals surface area (Å²) in [6, 6.07) is 4.34. The van der Waals surface area contributed by atoms with Crippen molar-refractivity contribution < 1.29 is 14.7 Å². The molecule has 0 saturated heterocycles. The Kier molecular flexibility index (Phi) is 4.75. The van der Waals surface area contributed by atoms with E-state index in [2.05, 4.69) is 25.6 Å². The lowest BCUT2D eigenvalue weighted by atomic mass is 10.2. The van der Waals surface area contributed by atoms with Crippen LogP contribution in [0.4, 0.5) is 4.79 Å². The average Bonchev–Trinajstić information content (AvgIpc) is 2.52. The lowest BCUT2D eigenvalue weighted by Crippen LogP contribution is -2.34. The molecule has 0 aliphatic rings. The molecule has 0 unspecified atom stereocenters. The summed E-state index contributed by atoms with van der Waals surface area (Å²) < 4.78 is 0. The maximum Gasteiger partial charge on any atom is 0.354 e. The molecule has 0 spiro atoms. The Hall–Kier alpha value is -3.03. The van der Waals surface area contributed by atoms with Gasteiger partial charge < -0.3 is 15.7 Å². The smallest absolute Gasteiger partial charge is 0.354 e. The maximum atomic E-state index is 11.6. The third-order valence-corrected chi connectivity index (χ3v) is 2.57. The summed E-state index contributed by atoms with van der Waals surface area (Å²) in [5.41, 5.74) is 1.37. The maximum absolute atomic E-state index is 11.6. The lowest BCUT2D eigenvalue weighted by Gasteiger charge is -2.07. The second-order valence-corrected chi connectivity index (χ2v) is 4.09. The molecule has 2 aromatic heterocycles. The Labute approximate surface area is 120 Å². The second kappa shape index (κ2) is 6.94. The van der Waals surface area contributed by atoms with Gasteiger partial charge in [-0.3, -0.25) is 0 Å². The van der Waals surface area contributed by atoms with Crippen LogP contribution < -0.4 is 10.6 Å². The van der Waals surface area contributed by atoms with Gasteiger partial charge in [0.05, 0.1) is 12.2 Å². The van der Waals surface area contributed by atoms with Gasteiger partial charge in [-0.15, -0.1) is 0 Å². The third-order valence-electron chi connectivity index (χ3n) is 2.57. The van der Waals surface area contributed by atoms with Crippen molar-refractivity contribution in [2.24, 2.45) is 0 Å². The van der Waals surface area contributed by atoms with Crippen LogP contribution in [0.5, 0.6) is 0 Å². The van der Waals surface area contributed by atoms with Gasteiger partial charge in [-0.05, 0) is 17.7 Å². The highest BCUT2D eigenvalue weighted by Gasteiger charge is 2.05. The van der Waals surface area contributed by atoms with Gasteiger partial charge in [0, 0.05) is 18.9 Å². The van der Waals surface area contributed by atoms with Crippen LogP contribution in [0.25, 0.3) is 0 Å². The van der Waals surface area contributed by atoms with E-state index in [1.807, 2.05) is 0 Å². The molecule has 2 amide bonds. The molecule has 2 aromatic rings. The van der Waals surface area contributed by atoms with Crippen LogP contribution in [0.15, 0.2) is 36.9 Å². The number of carbonyl (C=O) groups excluding carboxylic acids is 1. The predicted molar refractivity (Wildman–Crippen MR) is 72.3 cm³/mol. The van der Waals surface area contributed by atoms with E-state index in [0.717, 1.165) is 0 Å². The van der Waals surface area contributed by atoms with E-state index in [4.69, 9.17) is 5.11 Å². The van der Waals surface area contributed by atoms with Crippen LogP contribution in [0.2, 0.25) is 0 Å². The first-order valence-electron chi connectivity index (χ1n) is 6.10. The van der Waals surface area contributed by atoms with E-state index >= 15 is 0 Å². The molecule has 8 heteroatoms. The fraction of sp³-hybridized carbons (Fsp3) is 0.154. The first-order valence-corrected chi connectivity index (χ1v) is 6.10. The Balaban J connectivity index is 1.77. The largest absolute Gasteiger partial charge is 0.477 e. The van der Waals surface area contributed by atoms with Crippen LogP contribution in [0.3, 0.4) is 0 Å². The first-order chi connectivity index (χ1) is 10.1. The molecule has 0 saturated carbocycles. The van der Waals surface area contributed by atoms with Gasteiger partial charge in [-0.25, -0.2) is 24.5 Å². The second-order valence-electron chi connectivity index (χ2n) is 4.09. The van der Waals surface area contributed by atoms with Gasteiger partial charge in [-0.2, -0.15) is 0 Å². The van der Waals surface area contributed by atoms with Crippen molar-refractivity contribution in [3.8, 4) is 0 Å². The molecule has 0 fully saturated rings. The molecular formula is C13H13N5O3. The number of aromatic carboxylic acids is 1. The zero-order chi connectivity index (χ0) is 15.1. The van der Waals surface area contributed by atoms with Crippen molar-refractivity contribution >= 4 is 12.0 Å². The molecule has 8 nitrogen and oxygen atoms in total. The molecule has 0 atom stereocenters. The van der Waals surface area contributed by atoms with Crippen molar-refractivity contribution in [1.29, 1.82) is 0 Å². The summed E-state index contributed by atoms with van der Waals surface area (Å²) in [5, 5.41) is 14.0. The van der Waals surface area contributed by atoms with Gasteiger partial charge in [0.1, 0.15) is 12.0 Å². The van der Waals surface area contributed by atoms with E-state index in [-0.39, 0.29) is 18.3 Å². The number of nitrogens with one attached hydrogen (secondary N) is 2. The topological polar surface area (TPSA) is 117 Å². The zero-order valence-corrected chi connectivity index (χ0v) is 11.0. The summed E-state index contributed by atoms with van der Waals surface area (Å²) in [7, 11) is 0. The number of rotatable bonds is 5. The van der Waals surface area contributed by atoms with E-state index < -0.39 is 5.97 Å². The Morgan fingerprint density at radius 3 is 2.52 bits per heavy atom. The molecule has 0 aliphatic carbocycles. The quantitative estimate of drug-likeness (QED) is 0.740. The lowest BCUT2D eigenvalue weighted by molar-refractivity contribution is 0.0690. The van der Waals surface area contributed by atoms with Crippen molar-refractivity contribution in [1.82, 2.24) is 25.6 Å². The van der Waals surface area contributed by atoms with Crippen molar-refractivity contribution in [2.75, 3.05) is 0 Å². The van der Waals surface area contributed by atoms with Gasteiger partial charge in [0.2, 0.25) is 0 Å². The zero-order valence-electron chi connectivity index (χ0n) is 11.0. The molecule has 0 aliphatic heterocycles. The molecule has 0 radical (unpaired) electrons. The van der Waals surface area contributed by atoms with Gasteiger partial charge in [0.15, 0.2) is 0 Å². The van der Waals surface area contributed by atoms with E-state index in [1.54, 1.807) is 18.3 Å². The number of carbonyl (C=O) groups is 2. The van der Waals surface area contributed by atoms with Gasteiger partial charge in [-0.1, -0.05) is 6.07 Å². The fourth-order valence-electron chi connectivity index (χ4n) is 1.49. The standard InChI is InChI=1S/C13H13N5O3/c19-12(20)11-2-1-9(5-15-11)6-16-13(21)17-7-10-3-4-14-8-18-10/h1-5,8H,6-7H2,(H,19,20)(H2,16,17,21). The molecule has 108 valence electrons. The number of hydrogen-bond acceptors (Lipinski definition) is 5. The molecule has 2 heterocycles. The highest BCUT2D eigenvalue weighted by molar-refractivity contribution is 5.85. The monoisotopic (exact) mass is 287 g/mol. The predicted octanol–water partition coefficient (Wildman–Crippen LogP) is 0.569. The van der Waals surface area contributed by atoms with E-state index in [9.17, 15) is 9.59 Å². The number of amides is 2. The van der Waals surface area contributed by atoms with Crippen LogP contribution in [0.1, 0.15) is 21.7 Å². The van der Waals surface area contributed by atoms with Gasteiger partial charge >= 0.3 is 12.0 Å². The Bertz CT molecular complexity index is 615. The summed E-state index contributed by atoms with van der Waals surface area (Å²) in [5.74, 6) is -1.09. The fourth-order valence-corrected chi connectivity index (χ4v) is 1.49. The summed E-state index contributed by atoms with van der Waals surface area (Å²) in [6.07, 6.45) is 4.41. The minimum atomic E-state index is -1.09. The highest BCUT2D eigenvalue weighted by Crippen LogP contribution is 2.00. The molecular weight excluding hydrogens is 274 g/mol. The normalized spacial score (nSPS) is 9.90. The Morgan fingerprint density at radius 2 is 1.90 bits per heavy atom. The summed E-state index contributed by atoms with van der Waals surface area (Å²) in [6.45, 7) is 0.549. The number of hydrogen-bond donors (Lipinski definition) is 3. The first kappa shape index (κ1) is 14.4. The molecule has 2 rings (SSSR count). The van der Waals surface area contributed by atoms with Crippen molar-refractivity contribution in [3.63, 3.8) is 0 Å². The Morgan fingerprint density at radius 1 is 1.10 bits per heavy atom. The van der Waals surface area contributed by atoms with E-state index in [1.165, 1.54) is 18.6 Å². The van der Waals surface area contributed by atoms with Crippen molar-refractivity contribution in [3.05, 3.63) is 53.9 Å². The molecule has 0 bridgehead atoms. The summed E-state index contributed by atoms with van der Waals surface area (Å²) in [4.78, 5) is 33.7. The van der Waals surface area contributed by atoms with Crippen LogP contribution in [-0.4, -0.2) is 32.1 Å². The van der Waals surface area contributed by atoms with E-state index in [0.29, 0.717) is 17.8 Å². The average molecular weight is 287 g/mol. The highest BCUT2D eigenvalue weighted by atomic mass is 16.4. The number of nitrogens with zero attached hydrogens (tertiary/aromatic N) is 3. The number of carboxylic acid groups (broad SMARTS) is 1. The number of carboxylic acids is 1. The summed E-state index contributed by atoms with van der Waals surface area (Å²) >= 11 is 0. The van der Waals surface area contributed by atoms with Crippen molar-refractivity contribution in [2.45, 2.75) is 13.1 Å². The van der Waals surface area contributed by atoms with Crippen LogP contribution >= 0.6 is 0 Å². The minimum absolute atomic E-state index is 0.0352. The SMILES string of the molecule is O=C(NCc1ccc(C(=O)O)nc1)NCc1ccncn1. The number of pyridine rings is 1. The third kappa shape index (κ3) is 4.53. The van der Waals surface area contributed by atoms with Crippen LogP contribution in [-0.2, 0) is 13.1 Å². The number of urea groups is 1. The van der Waals surface area contributed by atoms with Gasteiger partial charge in [0.25, 0.3) is 0 Å².